The Kier molecular flexibility index (Phi) is 6.15. The van der Waals surface area contributed by atoms with Crippen molar-refractivity contribution in [2.24, 2.45) is 0 Å². The summed E-state index contributed by atoms with van der Waals surface area (Å²) in [5, 5.41) is 4.57. The summed E-state index contributed by atoms with van der Waals surface area (Å²) in [6.07, 6.45) is 5.60. The lowest BCUT2D eigenvalue weighted by molar-refractivity contribution is 0.773. The summed E-state index contributed by atoms with van der Waals surface area (Å²) in [6.45, 7) is 2.31. The van der Waals surface area contributed by atoms with Gasteiger partial charge < -0.3 is 0 Å². The minimum Gasteiger partial charge on any atom is -0.208 e. The summed E-state index contributed by atoms with van der Waals surface area (Å²) >= 11 is 0. The van der Waals surface area contributed by atoms with Crippen LogP contribution in [-0.2, 0) is 0 Å². The minimum absolute atomic E-state index is 0.492. The summed E-state index contributed by atoms with van der Waals surface area (Å²) in [5.74, 6) is 2.50. The van der Waals surface area contributed by atoms with Crippen LogP contribution in [0.4, 0.5) is 0 Å². The number of fused-ring (bicyclic) bond motifs is 3. The van der Waals surface area contributed by atoms with Crippen molar-refractivity contribution in [1.29, 1.82) is 0 Å². The van der Waals surface area contributed by atoms with E-state index < -0.39 is 0 Å². The highest BCUT2D eigenvalue weighted by molar-refractivity contribution is 5.97. The summed E-state index contributed by atoms with van der Waals surface area (Å²) < 4.78 is 0. The lowest BCUT2D eigenvalue weighted by Gasteiger charge is -2.22. The van der Waals surface area contributed by atoms with Crippen LogP contribution < -0.4 is 0 Å². The van der Waals surface area contributed by atoms with Crippen LogP contribution in [0.2, 0.25) is 0 Å². The molecule has 3 heteroatoms. The van der Waals surface area contributed by atoms with E-state index in [4.69, 9.17) is 15.0 Å². The van der Waals surface area contributed by atoms with Gasteiger partial charge in [0.15, 0.2) is 17.5 Å². The van der Waals surface area contributed by atoms with Gasteiger partial charge in [0, 0.05) is 16.7 Å². The second kappa shape index (κ2) is 10.5. The summed E-state index contributed by atoms with van der Waals surface area (Å²) in [6, 6.07) is 44.7. The van der Waals surface area contributed by atoms with E-state index in [1.165, 1.54) is 22.3 Å². The maximum absolute atomic E-state index is 5.09. The van der Waals surface area contributed by atoms with Gasteiger partial charge >= 0.3 is 0 Å². The molecule has 0 aliphatic heterocycles. The van der Waals surface area contributed by atoms with Crippen molar-refractivity contribution in [2.45, 2.75) is 19.3 Å². The second-order valence-electron chi connectivity index (χ2n) is 11.3. The smallest absolute Gasteiger partial charge is 0.164 e. The van der Waals surface area contributed by atoms with E-state index in [-0.39, 0.29) is 0 Å². The molecule has 0 spiro atoms. The number of allylic oxidation sites excluding steroid dienone is 1. The van der Waals surface area contributed by atoms with Crippen LogP contribution >= 0.6 is 0 Å². The van der Waals surface area contributed by atoms with Crippen molar-refractivity contribution in [2.75, 3.05) is 0 Å². The van der Waals surface area contributed by atoms with Crippen LogP contribution in [0.1, 0.15) is 30.4 Å². The number of rotatable bonds is 4. The Hall–Kier alpha value is -5.41. The van der Waals surface area contributed by atoms with Crippen LogP contribution in [0, 0.1) is 0 Å². The third kappa shape index (κ3) is 4.50. The Balaban J connectivity index is 1.30. The van der Waals surface area contributed by atoms with E-state index in [2.05, 4.69) is 146 Å². The van der Waals surface area contributed by atoms with Crippen molar-refractivity contribution in [3.63, 3.8) is 0 Å². The monoisotopic (exact) mass is 551 g/mol. The van der Waals surface area contributed by atoms with Crippen LogP contribution in [0.3, 0.4) is 0 Å². The first-order valence-electron chi connectivity index (χ1n) is 14.9. The van der Waals surface area contributed by atoms with E-state index >= 15 is 0 Å². The number of aromatic nitrogens is 3. The third-order valence-electron chi connectivity index (χ3n) is 8.57. The second-order valence-corrected chi connectivity index (χ2v) is 11.3. The van der Waals surface area contributed by atoms with Crippen LogP contribution in [0.25, 0.3) is 72.9 Å². The van der Waals surface area contributed by atoms with Crippen LogP contribution in [-0.4, -0.2) is 15.0 Å². The summed E-state index contributed by atoms with van der Waals surface area (Å²) in [4.78, 5) is 15.3. The van der Waals surface area contributed by atoms with E-state index in [1.807, 2.05) is 0 Å². The Morgan fingerprint density at radius 3 is 1.65 bits per heavy atom. The van der Waals surface area contributed by atoms with Gasteiger partial charge in [0.2, 0.25) is 0 Å². The molecule has 6 aromatic carbocycles. The Morgan fingerprint density at radius 1 is 0.488 bits per heavy atom. The van der Waals surface area contributed by atoms with Gasteiger partial charge in [-0.15, -0.1) is 0 Å². The van der Waals surface area contributed by atoms with Gasteiger partial charge in [0.05, 0.1) is 0 Å². The summed E-state index contributed by atoms with van der Waals surface area (Å²) in [5.41, 5.74) is 8.21. The zero-order chi connectivity index (χ0) is 28.8. The molecule has 1 aliphatic carbocycles. The molecular formula is C40H29N3. The number of nitrogens with zero attached hydrogens (tertiary/aromatic N) is 3. The predicted molar refractivity (Wildman–Crippen MR) is 179 cm³/mol. The van der Waals surface area contributed by atoms with E-state index in [0.29, 0.717) is 23.4 Å². The number of hydrogen-bond donors (Lipinski definition) is 0. The van der Waals surface area contributed by atoms with Gasteiger partial charge in [-0.05, 0) is 56.1 Å². The average Bonchev–Trinajstić information content (AvgIpc) is 3.07. The first kappa shape index (κ1) is 25.3. The molecule has 0 bridgehead atoms. The SMILES string of the molecule is CC1CC=Cc2cccc(-c3ccc(-c4nc(-c5cccc6ccccc56)nc(-c5cccc6ccccc56)n4)cc3)c21. The molecule has 1 aromatic heterocycles. The molecule has 1 unspecified atom stereocenters. The van der Waals surface area contributed by atoms with Crippen molar-refractivity contribution in [3.8, 4) is 45.3 Å². The average molecular weight is 552 g/mol. The highest BCUT2D eigenvalue weighted by atomic mass is 15.0. The molecule has 0 amide bonds. The van der Waals surface area contributed by atoms with Crippen molar-refractivity contribution < 1.29 is 0 Å². The molecule has 0 fully saturated rings. The zero-order valence-corrected chi connectivity index (χ0v) is 23.9. The topological polar surface area (TPSA) is 38.7 Å². The lowest BCUT2D eigenvalue weighted by Crippen LogP contribution is -2.03. The summed E-state index contributed by atoms with van der Waals surface area (Å²) in [7, 11) is 0. The van der Waals surface area contributed by atoms with Gasteiger partial charge in [-0.1, -0.05) is 146 Å². The number of hydrogen-bond acceptors (Lipinski definition) is 3. The van der Waals surface area contributed by atoms with E-state index in [1.54, 1.807) is 0 Å². The van der Waals surface area contributed by atoms with Crippen molar-refractivity contribution in [1.82, 2.24) is 15.0 Å². The fourth-order valence-corrected chi connectivity index (χ4v) is 6.43. The number of benzene rings is 6. The molecule has 8 rings (SSSR count). The quantitative estimate of drug-likeness (QED) is 0.218. The van der Waals surface area contributed by atoms with Gasteiger partial charge in [-0.25, -0.2) is 15.0 Å². The highest BCUT2D eigenvalue weighted by Crippen LogP contribution is 2.38. The Bertz CT molecular complexity index is 2070. The Morgan fingerprint density at radius 2 is 1.00 bits per heavy atom. The molecule has 43 heavy (non-hydrogen) atoms. The molecule has 7 aromatic rings. The van der Waals surface area contributed by atoms with Gasteiger partial charge in [0.25, 0.3) is 0 Å². The van der Waals surface area contributed by atoms with Gasteiger partial charge in [0.1, 0.15) is 0 Å². The first-order valence-corrected chi connectivity index (χ1v) is 14.9. The van der Waals surface area contributed by atoms with Gasteiger partial charge in [-0.3, -0.25) is 0 Å². The molecule has 1 aliphatic rings. The Labute approximate surface area is 251 Å². The highest BCUT2D eigenvalue weighted by Gasteiger charge is 2.19. The normalized spacial score (nSPS) is 14.2. The van der Waals surface area contributed by atoms with Crippen molar-refractivity contribution in [3.05, 3.63) is 145 Å². The standard InChI is InChI=1S/C40H29N3/c1-26-10-6-15-30-16-9-19-34(37(26)30)29-22-24-31(25-23-29)38-41-39(35-20-7-13-27-11-2-4-17-32(27)35)43-40(42-38)36-21-8-14-28-12-3-5-18-33(28)36/h2-9,11-26H,10H2,1H3. The molecule has 0 saturated heterocycles. The molecular weight excluding hydrogens is 522 g/mol. The third-order valence-corrected chi connectivity index (χ3v) is 8.57. The van der Waals surface area contributed by atoms with Crippen LogP contribution in [0.5, 0.6) is 0 Å². The maximum atomic E-state index is 5.09. The molecule has 0 radical (unpaired) electrons. The molecule has 204 valence electrons. The molecule has 1 heterocycles. The maximum Gasteiger partial charge on any atom is 0.164 e. The van der Waals surface area contributed by atoms with Crippen molar-refractivity contribution >= 4 is 27.6 Å². The van der Waals surface area contributed by atoms with Gasteiger partial charge in [-0.2, -0.15) is 0 Å². The largest absolute Gasteiger partial charge is 0.208 e. The fraction of sp³-hybridized carbons (Fsp3) is 0.0750. The minimum atomic E-state index is 0.492. The first-order chi connectivity index (χ1) is 21.2. The lowest BCUT2D eigenvalue weighted by atomic mass is 9.83. The molecule has 0 N–H and O–H groups in total. The van der Waals surface area contributed by atoms with E-state index in [0.717, 1.165) is 44.7 Å². The van der Waals surface area contributed by atoms with Crippen LogP contribution in [0.15, 0.2) is 133 Å². The molecule has 3 nitrogen and oxygen atoms in total. The zero-order valence-electron chi connectivity index (χ0n) is 23.9. The molecule has 0 saturated carbocycles. The molecule has 1 atom stereocenters. The fourth-order valence-electron chi connectivity index (χ4n) is 6.43. The van der Waals surface area contributed by atoms with E-state index in [9.17, 15) is 0 Å². The predicted octanol–water partition coefficient (Wildman–Crippen LogP) is 10.4.